The quantitative estimate of drug-likeness (QED) is 0.398. The highest BCUT2D eigenvalue weighted by Gasteiger charge is 2.19. The van der Waals surface area contributed by atoms with Crippen molar-refractivity contribution in [1.29, 1.82) is 0 Å². The van der Waals surface area contributed by atoms with Gasteiger partial charge in [-0.25, -0.2) is 9.18 Å². The van der Waals surface area contributed by atoms with Crippen molar-refractivity contribution in [3.63, 3.8) is 0 Å². The van der Waals surface area contributed by atoms with E-state index in [0.29, 0.717) is 18.4 Å². The lowest BCUT2D eigenvalue weighted by Crippen LogP contribution is -2.21. The molecule has 1 amide bonds. The maximum atomic E-state index is 13.1. The number of hydrogen-bond acceptors (Lipinski definition) is 7. The summed E-state index contributed by atoms with van der Waals surface area (Å²) in [6.45, 7) is 0.505. The Labute approximate surface area is 170 Å². The summed E-state index contributed by atoms with van der Waals surface area (Å²) in [6, 6.07) is 8.91. The number of carbonyl (C=O) groups excluding carboxylic acids is 2. The minimum absolute atomic E-state index is 0.0742. The van der Waals surface area contributed by atoms with E-state index in [0.717, 1.165) is 31.6 Å². The van der Waals surface area contributed by atoms with Crippen molar-refractivity contribution in [1.82, 2.24) is 0 Å². The second-order valence-electron chi connectivity index (χ2n) is 6.51. The fourth-order valence-electron chi connectivity index (χ4n) is 2.81. The van der Waals surface area contributed by atoms with Crippen LogP contribution in [0.2, 0.25) is 0 Å². The number of anilines is 1. The van der Waals surface area contributed by atoms with E-state index in [1.807, 2.05) is 0 Å². The third-order valence-electron chi connectivity index (χ3n) is 4.31. The predicted octanol–water partition coefficient (Wildman–Crippen LogP) is 3.09. The van der Waals surface area contributed by atoms with Gasteiger partial charge in [-0.3, -0.25) is 14.9 Å². The zero-order valence-electron chi connectivity index (χ0n) is 15.8. The number of nitrogens with zero attached hydrogens (tertiary/aromatic N) is 1. The first-order valence-electron chi connectivity index (χ1n) is 9.18. The first-order valence-corrected chi connectivity index (χ1v) is 9.18. The van der Waals surface area contributed by atoms with E-state index in [1.54, 1.807) is 12.1 Å². The number of benzene rings is 2. The molecule has 1 heterocycles. The highest BCUT2D eigenvalue weighted by atomic mass is 19.1. The average molecular weight is 418 g/mol. The van der Waals surface area contributed by atoms with Crippen LogP contribution < -0.4 is 10.1 Å². The molecule has 1 N–H and O–H groups in total. The number of nitrogens with one attached hydrogen (secondary N) is 1. The maximum absolute atomic E-state index is 13.1. The molecule has 0 spiro atoms. The molecule has 2 aromatic rings. The first-order chi connectivity index (χ1) is 14.4. The minimum Gasteiger partial charge on any atom is -0.491 e. The lowest BCUT2D eigenvalue weighted by molar-refractivity contribution is -0.384. The molecule has 3 rings (SSSR count). The van der Waals surface area contributed by atoms with Gasteiger partial charge in [0.2, 0.25) is 0 Å². The molecule has 1 fully saturated rings. The molecule has 10 heteroatoms. The molecular formula is C20H19FN2O7. The second kappa shape index (κ2) is 9.79. The standard InChI is InChI=1S/C20H19FN2O7/c21-14-5-8-17(18(10-14)23(26)27)22-19(24)12-30-20(25)13-3-6-15(7-4-13)29-11-16-2-1-9-28-16/h3-8,10,16H,1-2,9,11-12H2,(H,22,24)/t16-/m0/s1. The molecule has 1 aliphatic heterocycles. The van der Waals surface area contributed by atoms with Gasteiger partial charge in [0, 0.05) is 6.61 Å². The van der Waals surface area contributed by atoms with E-state index in [9.17, 15) is 24.1 Å². The van der Waals surface area contributed by atoms with Gasteiger partial charge in [-0.1, -0.05) is 0 Å². The Morgan fingerprint density at radius 2 is 2.00 bits per heavy atom. The van der Waals surface area contributed by atoms with Gasteiger partial charge in [0.1, 0.15) is 23.9 Å². The summed E-state index contributed by atoms with van der Waals surface area (Å²) < 4.78 is 29.1. The van der Waals surface area contributed by atoms with Crippen molar-refractivity contribution >= 4 is 23.3 Å². The van der Waals surface area contributed by atoms with E-state index in [-0.39, 0.29) is 17.4 Å². The third-order valence-corrected chi connectivity index (χ3v) is 4.31. The molecule has 2 aromatic carbocycles. The number of amides is 1. The van der Waals surface area contributed by atoms with Crippen LogP contribution >= 0.6 is 0 Å². The fourth-order valence-corrected chi connectivity index (χ4v) is 2.81. The molecule has 1 atom stereocenters. The molecule has 1 aliphatic rings. The maximum Gasteiger partial charge on any atom is 0.338 e. The van der Waals surface area contributed by atoms with Crippen molar-refractivity contribution in [3.05, 3.63) is 64.0 Å². The number of rotatable bonds is 8. The van der Waals surface area contributed by atoms with Gasteiger partial charge in [0.15, 0.2) is 6.61 Å². The molecule has 158 valence electrons. The fraction of sp³-hybridized carbons (Fsp3) is 0.300. The molecule has 0 saturated carbocycles. The number of ether oxygens (including phenoxy) is 3. The molecule has 0 bridgehead atoms. The third kappa shape index (κ3) is 5.74. The van der Waals surface area contributed by atoms with Gasteiger partial charge in [-0.15, -0.1) is 0 Å². The number of halogens is 1. The molecule has 0 aromatic heterocycles. The normalized spacial score (nSPS) is 15.4. The van der Waals surface area contributed by atoms with Crippen LogP contribution in [0.1, 0.15) is 23.2 Å². The Kier molecular flexibility index (Phi) is 6.91. The van der Waals surface area contributed by atoms with Crippen molar-refractivity contribution in [2.24, 2.45) is 0 Å². The zero-order chi connectivity index (χ0) is 21.5. The van der Waals surface area contributed by atoms with Crippen LogP contribution in [0.15, 0.2) is 42.5 Å². The summed E-state index contributed by atoms with van der Waals surface area (Å²) in [7, 11) is 0. The molecule has 30 heavy (non-hydrogen) atoms. The summed E-state index contributed by atoms with van der Waals surface area (Å²) in [5, 5.41) is 13.2. The Morgan fingerprint density at radius 1 is 1.23 bits per heavy atom. The molecule has 9 nitrogen and oxygen atoms in total. The Bertz CT molecular complexity index is 927. The summed E-state index contributed by atoms with van der Waals surface area (Å²) >= 11 is 0. The van der Waals surface area contributed by atoms with E-state index >= 15 is 0 Å². The van der Waals surface area contributed by atoms with Crippen LogP contribution in [0.25, 0.3) is 0 Å². The number of esters is 1. The highest BCUT2D eigenvalue weighted by molar-refractivity contribution is 5.96. The molecule has 0 aliphatic carbocycles. The van der Waals surface area contributed by atoms with Crippen LogP contribution in [0, 0.1) is 15.9 Å². The predicted molar refractivity (Wildman–Crippen MR) is 103 cm³/mol. The lowest BCUT2D eigenvalue weighted by atomic mass is 10.2. The van der Waals surface area contributed by atoms with Crippen molar-refractivity contribution in [2.45, 2.75) is 18.9 Å². The number of nitro groups is 1. The van der Waals surface area contributed by atoms with Gasteiger partial charge >= 0.3 is 5.97 Å². The summed E-state index contributed by atoms with van der Waals surface area (Å²) in [5.41, 5.74) is -0.594. The summed E-state index contributed by atoms with van der Waals surface area (Å²) in [6.07, 6.45) is 2.04. The average Bonchev–Trinajstić information content (AvgIpc) is 3.25. The summed E-state index contributed by atoms with van der Waals surface area (Å²) in [5.74, 6) is -1.78. The molecule has 0 radical (unpaired) electrons. The SMILES string of the molecule is O=C(COC(=O)c1ccc(OC[C@@H]2CCCO2)cc1)Nc1ccc(F)cc1[N+](=O)[O-]. The van der Waals surface area contributed by atoms with Gasteiger partial charge in [0.25, 0.3) is 11.6 Å². The smallest absolute Gasteiger partial charge is 0.338 e. The molecule has 1 saturated heterocycles. The van der Waals surface area contributed by atoms with Crippen molar-refractivity contribution in [3.8, 4) is 5.75 Å². The van der Waals surface area contributed by atoms with E-state index in [4.69, 9.17) is 14.2 Å². The summed E-state index contributed by atoms with van der Waals surface area (Å²) in [4.78, 5) is 34.1. The topological polar surface area (TPSA) is 117 Å². The van der Waals surface area contributed by atoms with Crippen LogP contribution in [0.3, 0.4) is 0 Å². The van der Waals surface area contributed by atoms with E-state index in [1.165, 1.54) is 12.1 Å². The number of nitro benzene ring substituents is 1. The monoisotopic (exact) mass is 418 g/mol. The zero-order valence-corrected chi connectivity index (χ0v) is 15.8. The Balaban J connectivity index is 1.49. The van der Waals surface area contributed by atoms with Crippen molar-refractivity contribution < 1.29 is 33.1 Å². The van der Waals surface area contributed by atoms with Gasteiger partial charge in [-0.05, 0) is 49.2 Å². The largest absolute Gasteiger partial charge is 0.491 e. The number of carbonyl (C=O) groups is 2. The Morgan fingerprint density at radius 3 is 2.67 bits per heavy atom. The van der Waals surface area contributed by atoms with Crippen LogP contribution in [0.5, 0.6) is 5.75 Å². The lowest BCUT2D eigenvalue weighted by Gasteiger charge is -2.11. The van der Waals surface area contributed by atoms with Crippen LogP contribution in [0.4, 0.5) is 15.8 Å². The number of hydrogen-bond donors (Lipinski definition) is 1. The van der Waals surface area contributed by atoms with Crippen LogP contribution in [-0.2, 0) is 14.3 Å². The van der Waals surface area contributed by atoms with Crippen molar-refractivity contribution in [2.75, 3.05) is 25.1 Å². The van der Waals surface area contributed by atoms with Gasteiger partial charge < -0.3 is 19.5 Å². The second-order valence-corrected chi connectivity index (χ2v) is 6.51. The first kappa shape index (κ1) is 21.2. The Hall–Kier alpha value is -3.53. The van der Waals surface area contributed by atoms with E-state index < -0.39 is 34.9 Å². The van der Waals surface area contributed by atoms with Crippen LogP contribution in [-0.4, -0.2) is 42.7 Å². The molecular weight excluding hydrogens is 399 g/mol. The molecule has 0 unspecified atom stereocenters. The highest BCUT2D eigenvalue weighted by Crippen LogP contribution is 2.25. The van der Waals surface area contributed by atoms with Gasteiger partial charge in [0.05, 0.1) is 22.7 Å². The van der Waals surface area contributed by atoms with E-state index in [2.05, 4.69) is 5.32 Å². The minimum atomic E-state index is -0.826. The van der Waals surface area contributed by atoms with Gasteiger partial charge in [-0.2, -0.15) is 0 Å².